The highest BCUT2D eigenvalue weighted by atomic mass is 32.1. The first-order chi connectivity index (χ1) is 13.5. The minimum Gasteiger partial charge on any atom is -0.325 e. The number of amides is 1. The Morgan fingerprint density at radius 3 is 2.25 bits per heavy atom. The zero-order chi connectivity index (χ0) is 20.6. The summed E-state index contributed by atoms with van der Waals surface area (Å²) >= 11 is 4.04. The predicted molar refractivity (Wildman–Crippen MR) is 121 cm³/mol. The summed E-state index contributed by atoms with van der Waals surface area (Å²) in [6.45, 7) is 6.47. The van der Waals surface area contributed by atoms with Crippen LogP contribution in [0.25, 0.3) is 0 Å². The maximum Gasteiger partial charge on any atom is 0.230 e. The van der Waals surface area contributed by atoms with Gasteiger partial charge in [0.05, 0.1) is 0 Å². The first-order valence-electron chi connectivity index (χ1n) is 11.1. The third-order valence-corrected chi connectivity index (χ3v) is 7.07. The van der Waals surface area contributed by atoms with Crippen molar-refractivity contribution in [3.05, 3.63) is 29.8 Å². The number of carbonyl (C=O) groups excluding carboxylic acids is 2. The van der Waals surface area contributed by atoms with Crippen LogP contribution in [0.15, 0.2) is 24.3 Å². The van der Waals surface area contributed by atoms with Crippen LogP contribution in [0, 0.1) is 17.3 Å². The average molecular weight is 404 g/mol. The smallest absolute Gasteiger partial charge is 0.230 e. The topological polar surface area (TPSA) is 46.2 Å². The molecule has 1 aromatic carbocycles. The van der Waals surface area contributed by atoms with E-state index in [1.165, 1.54) is 6.42 Å². The second kappa shape index (κ2) is 11.0. The highest BCUT2D eigenvalue weighted by molar-refractivity contribution is 7.96. The van der Waals surface area contributed by atoms with Crippen molar-refractivity contribution in [1.82, 2.24) is 0 Å². The Balaban J connectivity index is 2.22. The van der Waals surface area contributed by atoms with Crippen molar-refractivity contribution in [2.24, 2.45) is 17.3 Å². The van der Waals surface area contributed by atoms with Crippen LogP contribution in [0.3, 0.4) is 0 Å². The van der Waals surface area contributed by atoms with Crippen LogP contribution in [0.1, 0.15) is 84.1 Å². The average Bonchev–Trinajstić information content (AvgIpc) is 2.71. The van der Waals surface area contributed by atoms with Gasteiger partial charge in [0, 0.05) is 17.0 Å². The van der Waals surface area contributed by atoms with E-state index in [1.54, 1.807) is 0 Å². The summed E-state index contributed by atoms with van der Waals surface area (Å²) in [6, 6.07) is 7.91. The Labute approximate surface area is 176 Å². The highest BCUT2D eigenvalue weighted by Gasteiger charge is 2.40. The summed E-state index contributed by atoms with van der Waals surface area (Å²) in [5.74, 6) is 0.664. The molecule has 0 saturated heterocycles. The molecule has 1 amide bonds. The number of hydrogen-bond acceptors (Lipinski definition) is 2. The molecule has 0 heterocycles. The van der Waals surface area contributed by atoms with Crippen LogP contribution >= 0.6 is 12.6 Å². The second-order valence-electron chi connectivity index (χ2n) is 8.49. The van der Waals surface area contributed by atoms with Crippen molar-refractivity contribution >= 4 is 29.3 Å². The van der Waals surface area contributed by atoms with Crippen molar-refractivity contribution in [3.8, 4) is 0 Å². The number of nitrogens with one attached hydrogen (secondary N) is 1. The molecular weight excluding hydrogens is 366 g/mol. The molecule has 1 unspecified atom stereocenters. The Morgan fingerprint density at radius 2 is 1.68 bits per heavy atom. The van der Waals surface area contributed by atoms with Gasteiger partial charge in [-0.2, -0.15) is 0 Å². The van der Waals surface area contributed by atoms with Gasteiger partial charge >= 0.3 is 0 Å². The van der Waals surface area contributed by atoms with E-state index in [4.69, 9.17) is 0 Å². The molecule has 1 aromatic rings. The number of hydrogen-bond donors (Lipinski definition) is 2. The van der Waals surface area contributed by atoms with E-state index in [2.05, 4.69) is 31.8 Å². The molecule has 0 spiro atoms. The third-order valence-electron chi connectivity index (χ3n) is 6.70. The first kappa shape index (κ1) is 23.0. The maximum absolute atomic E-state index is 13.5. The van der Waals surface area contributed by atoms with E-state index in [1.807, 2.05) is 31.2 Å². The Hall–Kier alpha value is -1.29. The van der Waals surface area contributed by atoms with Crippen LogP contribution in [0.4, 0.5) is 5.69 Å². The Morgan fingerprint density at radius 1 is 1.04 bits per heavy atom. The lowest BCUT2D eigenvalue weighted by Crippen LogP contribution is -2.40. The van der Waals surface area contributed by atoms with Gasteiger partial charge in [-0.3, -0.25) is 9.59 Å². The molecular formula is C24H37NO2S. The molecule has 4 heteroatoms. The molecule has 1 aliphatic rings. The molecule has 156 valence electrons. The lowest BCUT2D eigenvalue weighted by molar-refractivity contribution is -0.128. The molecule has 1 aliphatic carbocycles. The Kier molecular flexibility index (Phi) is 9.07. The molecule has 1 N–H and O–H groups in total. The van der Waals surface area contributed by atoms with Gasteiger partial charge < -0.3 is 5.32 Å². The summed E-state index contributed by atoms with van der Waals surface area (Å²) < 4.78 is 0. The molecule has 0 aromatic heterocycles. The molecule has 1 fully saturated rings. The maximum atomic E-state index is 13.5. The molecule has 2 rings (SSSR count). The standard InChI is InChI=1S/C24H37NO2S/c1-4-18(5-2)17-24(14-10-7-11-15-24)23(27)25-21-13-9-8-12-20(21)16-19(6-3)22(26)28/h8-9,12-13,18-19H,4-7,10-11,14-17H2,1-3H3,(H,25,27)(H,26,28). The number of para-hydroxylation sites is 1. The van der Waals surface area contributed by atoms with E-state index in [9.17, 15) is 9.59 Å². The number of carbonyl (C=O) groups is 2. The minimum absolute atomic E-state index is 0.0823. The number of thiol groups is 1. The molecule has 0 aliphatic heterocycles. The van der Waals surface area contributed by atoms with E-state index in [-0.39, 0.29) is 22.4 Å². The normalized spacial score (nSPS) is 17.3. The van der Waals surface area contributed by atoms with E-state index >= 15 is 0 Å². The van der Waals surface area contributed by atoms with Crippen LogP contribution < -0.4 is 5.32 Å². The summed E-state index contributed by atoms with van der Waals surface area (Å²) in [5.41, 5.74) is 1.64. The molecule has 1 saturated carbocycles. The fourth-order valence-electron chi connectivity index (χ4n) is 4.63. The van der Waals surface area contributed by atoms with Gasteiger partial charge in [-0.25, -0.2) is 0 Å². The number of anilines is 1. The zero-order valence-corrected chi connectivity index (χ0v) is 18.7. The van der Waals surface area contributed by atoms with Crippen LogP contribution in [-0.2, 0) is 16.0 Å². The summed E-state index contributed by atoms with van der Waals surface area (Å²) in [5, 5.41) is 3.19. The molecule has 3 nitrogen and oxygen atoms in total. The summed E-state index contributed by atoms with van der Waals surface area (Å²) in [7, 11) is 0. The monoisotopic (exact) mass is 403 g/mol. The third kappa shape index (κ3) is 5.85. The number of rotatable bonds is 10. The summed E-state index contributed by atoms with van der Waals surface area (Å²) in [4.78, 5) is 25.3. The fourth-order valence-corrected chi connectivity index (χ4v) is 4.90. The second-order valence-corrected chi connectivity index (χ2v) is 8.93. The van der Waals surface area contributed by atoms with Gasteiger partial charge in [-0.05, 0) is 49.7 Å². The van der Waals surface area contributed by atoms with E-state index in [0.29, 0.717) is 12.3 Å². The fraction of sp³-hybridized carbons (Fsp3) is 0.667. The minimum atomic E-state index is -0.244. The largest absolute Gasteiger partial charge is 0.325 e. The van der Waals surface area contributed by atoms with Gasteiger partial charge in [0.15, 0.2) is 5.12 Å². The quantitative estimate of drug-likeness (QED) is 0.442. The molecule has 1 atom stereocenters. The van der Waals surface area contributed by atoms with Gasteiger partial charge in [0.25, 0.3) is 0 Å². The van der Waals surface area contributed by atoms with Crippen LogP contribution in [0.2, 0.25) is 0 Å². The lowest BCUT2D eigenvalue weighted by Gasteiger charge is -2.38. The van der Waals surface area contributed by atoms with Gasteiger partial charge in [0.2, 0.25) is 5.91 Å². The predicted octanol–water partition coefficient (Wildman–Crippen LogP) is 6.43. The highest BCUT2D eigenvalue weighted by Crippen LogP contribution is 2.44. The van der Waals surface area contributed by atoms with Gasteiger partial charge in [-0.15, -0.1) is 12.6 Å². The van der Waals surface area contributed by atoms with Crippen molar-refractivity contribution in [2.45, 2.75) is 85.0 Å². The number of benzene rings is 1. The van der Waals surface area contributed by atoms with E-state index in [0.717, 1.165) is 62.6 Å². The van der Waals surface area contributed by atoms with Crippen LogP contribution in [-0.4, -0.2) is 11.0 Å². The van der Waals surface area contributed by atoms with Crippen molar-refractivity contribution < 1.29 is 9.59 Å². The van der Waals surface area contributed by atoms with Crippen molar-refractivity contribution in [1.29, 1.82) is 0 Å². The van der Waals surface area contributed by atoms with E-state index < -0.39 is 0 Å². The zero-order valence-electron chi connectivity index (χ0n) is 17.8. The molecule has 0 radical (unpaired) electrons. The molecule has 0 bridgehead atoms. The first-order valence-corrected chi connectivity index (χ1v) is 11.5. The summed E-state index contributed by atoms with van der Waals surface area (Å²) in [6.07, 6.45) is 10.1. The Bertz CT molecular complexity index is 648. The van der Waals surface area contributed by atoms with Gasteiger partial charge in [-0.1, -0.05) is 71.1 Å². The molecule has 28 heavy (non-hydrogen) atoms. The van der Waals surface area contributed by atoms with Gasteiger partial charge in [0.1, 0.15) is 0 Å². The van der Waals surface area contributed by atoms with Crippen LogP contribution in [0.5, 0.6) is 0 Å². The SMILES string of the molecule is CCC(CC)CC1(C(=O)Nc2ccccc2CC(CC)C(=O)S)CCCCC1. The lowest BCUT2D eigenvalue weighted by atomic mass is 9.67. The van der Waals surface area contributed by atoms with Crippen molar-refractivity contribution in [3.63, 3.8) is 0 Å². The van der Waals surface area contributed by atoms with Crippen molar-refractivity contribution in [2.75, 3.05) is 5.32 Å².